The van der Waals surface area contributed by atoms with Gasteiger partial charge in [-0.25, -0.2) is 13.2 Å². The van der Waals surface area contributed by atoms with Gasteiger partial charge in [0.25, 0.3) is 0 Å². The molecule has 0 saturated heterocycles. The van der Waals surface area contributed by atoms with Crippen molar-refractivity contribution in [2.24, 2.45) is 5.73 Å². The van der Waals surface area contributed by atoms with Crippen molar-refractivity contribution in [1.82, 2.24) is 0 Å². The van der Waals surface area contributed by atoms with Crippen LogP contribution in [0.25, 0.3) is 0 Å². The highest BCUT2D eigenvalue weighted by molar-refractivity contribution is 5.93. The maximum absolute atomic E-state index is 13.3. The largest absolute Gasteiger partial charge is 0.330 e. The molecule has 0 spiro atoms. The van der Waals surface area contributed by atoms with Crippen LogP contribution in [0.5, 0.6) is 0 Å². The number of anilines is 1. The van der Waals surface area contributed by atoms with Crippen molar-refractivity contribution in [2.75, 3.05) is 18.5 Å². The van der Waals surface area contributed by atoms with Gasteiger partial charge in [-0.2, -0.15) is 0 Å². The van der Waals surface area contributed by atoms with Crippen LogP contribution in [-0.4, -0.2) is 19.5 Å². The highest BCUT2D eigenvalue weighted by Crippen LogP contribution is 2.22. The van der Waals surface area contributed by atoms with Crippen molar-refractivity contribution in [2.45, 2.75) is 6.42 Å². The average molecular weight is 232 g/mol. The zero-order valence-corrected chi connectivity index (χ0v) is 8.64. The number of halogens is 3. The molecule has 0 aliphatic carbocycles. The van der Waals surface area contributed by atoms with Crippen LogP contribution in [-0.2, 0) is 4.79 Å². The third kappa shape index (κ3) is 2.33. The number of rotatable bonds is 3. The molecule has 0 bridgehead atoms. The molecule has 2 N–H and O–H groups in total. The highest BCUT2D eigenvalue weighted by atomic mass is 19.2. The standard InChI is InChI=1S/C10H11F3N2O/c1-15(8(16)4-5-14)7-3-2-6(11)9(12)10(7)13/h2-3H,4-5,14H2,1H3. The number of nitrogens with zero attached hydrogens (tertiary/aromatic N) is 1. The summed E-state index contributed by atoms with van der Waals surface area (Å²) in [4.78, 5) is 12.3. The first-order chi connectivity index (χ1) is 7.49. The van der Waals surface area contributed by atoms with Gasteiger partial charge in [-0.1, -0.05) is 0 Å². The fourth-order valence-corrected chi connectivity index (χ4v) is 1.20. The zero-order valence-electron chi connectivity index (χ0n) is 8.64. The Morgan fingerprint density at radius 2 is 1.94 bits per heavy atom. The molecule has 0 saturated carbocycles. The second-order valence-corrected chi connectivity index (χ2v) is 3.19. The molecule has 0 unspecified atom stereocenters. The Balaban J connectivity index is 3.05. The Bertz CT molecular complexity index is 409. The monoisotopic (exact) mass is 232 g/mol. The van der Waals surface area contributed by atoms with Gasteiger partial charge in [-0.3, -0.25) is 4.79 Å². The quantitative estimate of drug-likeness (QED) is 0.801. The van der Waals surface area contributed by atoms with E-state index in [-0.39, 0.29) is 18.7 Å². The first-order valence-electron chi connectivity index (χ1n) is 4.59. The van der Waals surface area contributed by atoms with E-state index in [0.29, 0.717) is 0 Å². The Hall–Kier alpha value is -1.56. The van der Waals surface area contributed by atoms with Crippen LogP contribution in [0.1, 0.15) is 6.42 Å². The van der Waals surface area contributed by atoms with Gasteiger partial charge in [0.1, 0.15) is 0 Å². The molecule has 6 heteroatoms. The second kappa shape index (κ2) is 4.98. The maximum atomic E-state index is 13.3. The minimum absolute atomic E-state index is 0.00886. The summed E-state index contributed by atoms with van der Waals surface area (Å²) in [7, 11) is 1.27. The summed E-state index contributed by atoms with van der Waals surface area (Å²) < 4.78 is 38.8. The number of nitrogens with two attached hydrogens (primary N) is 1. The third-order valence-corrected chi connectivity index (χ3v) is 2.11. The molecule has 16 heavy (non-hydrogen) atoms. The van der Waals surface area contributed by atoms with Gasteiger partial charge in [0.2, 0.25) is 5.91 Å². The van der Waals surface area contributed by atoms with Crippen LogP contribution in [0.2, 0.25) is 0 Å². The minimum Gasteiger partial charge on any atom is -0.330 e. The molecule has 1 amide bonds. The summed E-state index contributed by atoms with van der Waals surface area (Å²) in [6.45, 7) is 0.106. The lowest BCUT2D eigenvalue weighted by Crippen LogP contribution is -2.29. The highest BCUT2D eigenvalue weighted by Gasteiger charge is 2.19. The van der Waals surface area contributed by atoms with Crippen molar-refractivity contribution in [3.8, 4) is 0 Å². The molecule has 88 valence electrons. The van der Waals surface area contributed by atoms with Gasteiger partial charge in [0.05, 0.1) is 5.69 Å². The molecule has 1 aromatic rings. The molecule has 0 radical (unpaired) electrons. The van der Waals surface area contributed by atoms with Crippen molar-refractivity contribution in [3.63, 3.8) is 0 Å². The summed E-state index contributed by atoms with van der Waals surface area (Å²) in [5, 5.41) is 0. The van der Waals surface area contributed by atoms with E-state index in [1.165, 1.54) is 7.05 Å². The molecular weight excluding hydrogens is 221 g/mol. The van der Waals surface area contributed by atoms with Crippen LogP contribution in [0.15, 0.2) is 12.1 Å². The Kier molecular flexibility index (Phi) is 3.89. The van der Waals surface area contributed by atoms with Crippen molar-refractivity contribution < 1.29 is 18.0 Å². The lowest BCUT2D eigenvalue weighted by Gasteiger charge is -2.17. The van der Waals surface area contributed by atoms with Crippen LogP contribution in [0.3, 0.4) is 0 Å². The number of carbonyl (C=O) groups excluding carboxylic acids is 1. The van der Waals surface area contributed by atoms with Crippen molar-refractivity contribution in [1.29, 1.82) is 0 Å². The number of hydrogen-bond donors (Lipinski definition) is 1. The van der Waals surface area contributed by atoms with E-state index in [1.54, 1.807) is 0 Å². The van der Waals surface area contributed by atoms with Gasteiger partial charge < -0.3 is 10.6 Å². The fourth-order valence-electron chi connectivity index (χ4n) is 1.20. The number of hydrogen-bond acceptors (Lipinski definition) is 2. The number of benzene rings is 1. The smallest absolute Gasteiger partial charge is 0.228 e. The van der Waals surface area contributed by atoms with Crippen molar-refractivity contribution in [3.05, 3.63) is 29.6 Å². The van der Waals surface area contributed by atoms with E-state index in [4.69, 9.17) is 5.73 Å². The molecule has 0 aliphatic heterocycles. The van der Waals surface area contributed by atoms with E-state index < -0.39 is 23.4 Å². The Morgan fingerprint density at radius 3 is 2.50 bits per heavy atom. The van der Waals surface area contributed by atoms with Crippen LogP contribution < -0.4 is 10.6 Å². The summed E-state index contributed by atoms with van der Waals surface area (Å²) >= 11 is 0. The van der Waals surface area contributed by atoms with E-state index in [1.807, 2.05) is 0 Å². The number of carbonyl (C=O) groups is 1. The average Bonchev–Trinajstić information content (AvgIpc) is 2.26. The molecule has 0 aromatic heterocycles. The first-order valence-corrected chi connectivity index (χ1v) is 4.59. The molecular formula is C10H11F3N2O. The van der Waals surface area contributed by atoms with E-state index >= 15 is 0 Å². The van der Waals surface area contributed by atoms with Crippen LogP contribution in [0, 0.1) is 17.5 Å². The second-order valence-electron chi connectivity index (χ2n) is 3.19. The van der Waals surface area contributed by atoms with Gasteiger partial charge in [-0.15, -0.1) is 0 Å². The Labute approximate surface area is 90.6 Å². The normalized spacial score (nSPS) is 10.3. The molecule has 0 atom stereocenters. The summed E-state index contributed by atoms with van der Waals surface area (Å²) in [6.07, 6.45) is 0.00886. The minimum atomic E-state index is -1.59. The SMILES string of the molecule is CN(C(=O)CCN)c1ccc(F)c(F)c1F. The van der Waals surface area contributed by atoms with E-state index in [0.717, 1.165) is 17.0 Å². The van der Waals surface area contributed by atoms with Crippen LogP contribution in [0.4, 0.5) is 18.9 Å². The fraction of sp³-hybridized carbons (Fsp3) is 0.300. The van der Waals surface area contributed by atoms with Gasteiger partial charge in [-0.05, 0) is 12.1 Å². The van der Waals surface area contributed by atoms with Crippen LogP contribution >= 0.6 is 0 Å². The predicted octanol–water partition coefficient (Wildman–Crippen LogP) is 1.42. The topological polar surface area (TPSA) is 46.3 Å². The predicted molar refractivity (Wildman–Crippen MR) is 53.4 cm³/mol. The maximum Gasteiger partial charge on any atom is 0.228 e. The molecule has 0 heterocycles. The zero-order chi connectivity index (χ0) is 12.3. The first kappa shape index (κ1) is 12.5. The summed E-state index contributed by atoms with van der Waals surface area (Å²) in [6, 6.07) is 1.77. The van der Waals surface area contributed by atoms with Crippen molar-refractivity contribution >= 4 is 11.6 Å². The van der Waals surface area contributed by atoms with E-state index in [2.05, 4.69) is 0 Å². The molecule has 0 aliphatic rings. The Morgan fingerprint density at radius 1 is 1.31 bits per heavy atom. The third-order valence-electron chi connectivity index (χ3n) is 2.11. The molecule has 0 fully saturated rings. The summed E-state index contributed by atoms with van der Waals surface area (Å²) in [5.74, 6) is -4.73. The molecule has 1 aromatic carbocycles. The molecule has 3 nitrogen and oxygen atoms in total. The molecule has 1 rings (SSSR count). The van der Waals surface area contributed by atoms with Gasteiger partial charge >= 0.3 is 0 Å². The summed E-state index contributed by atoms with van der Waals surface area (Å²) in [5.41, 5.74) is 4.85. The number of amides is 1. The lowest BCUT2D eigenvalue weighted by atomic mass is 10.2. The van der Waals surface area contributed by atoms with Gasteiger partial charge in [0, 0.05) is 20.0 Å². The van der Waals surface area contributed by atoms with E-state index in [9.17, 15) is 18.0 Å². The van der Waals surface area contributed by atoms with Gasteiger partial charge in [0.15, 0.2) is 17.5 Å². The lowest BCUT2D eigenvalue weighted by molar-refractivity contribution is -0.118.